The predicted octanol–water partition coefficient (Wildman–Crippen LogP) is 1.98. The molecular weight excluding hydrogens is 264 g/mol. The summed E-state index contributed by atoms with van der Waals surface area (Å²) in [6.07, 6.45) is 1.50. The van der Waals surface area contributed by atoms with Crippen molar-refractivity contribution in [3.8, 4) is 5.75 Å². The highest BCUT2D eigenvalue weighted by Crippen LogP contribution is 2.25. The van der Waals surface area contributed by atoms with Crippen LogP contribution in [-0.4, -0.2) is 49.3 Å². The lowest BCUT2D eigenvalue weighted by Gasteiger charge is -2.29. The number of rotatable bonds is 7. The fourth-order valence-corrected chi connectivity index (χ4v) is 2.76. The molecule has 0 radical (unpaired) electrons. The van der Waals surface area contributed by atoms with Gasteiger partial charge in [-0.2, -0.15) is 0 Å². The first-order valence-corrected chi connectivity index (χ1v) is 8.11. The number of ether oxygens (including phenoxy) is 1. The molecule has 0 aromatic heterocycles. The Morgan fingerprint density at radius 3 is 2.71 bits per heavy atom. The molecule has 1 unspecified atom stereocenters. The molecule has 0 spiro atoms. The van der Waals surface area contributed by atoms with Gasteiger partial charge in [0, 0.05) is 32.7 Å². The van der Waals surface area contributed by atoms with E-state index in [0.29, 0.717) is 6.54 Å². The van der Waals surface area contributed by atoms with E-state index in [1.54, 1.807) is 0 Å². The third-order valence-electron chi connectivity index (χ3n) is 3.97. The molecule has 1 aromatic rings. The second kappa shape index (κ2) is 8.37. The van der Waals surface area contributed by atoms with Gasteiger partial charge >= 0.3 is 0 Å². The van der Waals surface area contributed by atoms with Gasteiger partial charge in [0.1, 0.15) is 5.75 Å². The SMILES string of the molecule is CCCOc1ccc(C(O)CN2CCNCC2)c(CC)c1. The van der Waals surface area contributed by atoms with Gasteiger partial charge in [0.15, 0.2) is 0 Å². The molecule has 1 aliphatic rings. The van der Waals surface area contributed by atoms with Crippen molar-refractivity contribution in [2.45, 2.75) is 32.8 Å². The lowest BCUT2D eigenvalue weighted by molar-refractivity contribution is 0.105. The first-order valence-electron chi connectivity index (χ1n) is 8.11. The predicted molar refractivity (Wildman–Crippen MR) is 85.9 cm³/mol. The fourth-order valence-electron chi connectivity index (χ4n) is 2.76. The average molecular weight is 292 g/mol. The van der Waals surface area contributed by atoms with Crippen LogP contribution in [0.15, 0.2) is 18.2 Å². The van der Waals surface area contributed by atoms with Crippen molar-refractivity contribution < 1.29 is 9.84 Å². The summed E-state index contributed by atoms with van der Waals surface area (Å²) in [6, 6.07) is 6.08. The summed E-state index contributed by atoms with van der Waals surface area (Å²) < 4.78 is 5.68. The number of hydrogen-bond donors (Lipinski definition) is 2. The molecule has 118 valence electrons. The van der Waals surface area contributed by atoms with E-state index in [2.05, 4.69) is 30.1 Å². The van der Waals surface area contributed by atoms with Gasteiger partial charge in [0.05, 0.1) is 12.7 Å². The molecule has 0 bridgehead atoms. The first-order chi connectivity index (χ1) is 10.2. The van der Waals surface area contributed by atoms with Crippen molar-refractivity contribution in [3.05, 3.63) is 29.3 Å². The zero-order chi connectivity index (χ0) is 15.1. The topological polar surface area (TPSA) is 44.7 Å². The molecular formula is C17H28N2O2. The van der Waals surface area contributed by atoms with Crippen LogP contribution in [0.25, 0.3) is 0 Å². The molecule has 0 amide bonds. The van der Waals surface area contributed by atoms with Crippen LogP contribution < -0.4 is 10.1 Å². The monoisotopic (exact) mass is 292 g/mol. The second-order valence-electron chi connectivity index (χ2n) is 5.63. The summed E-state index contributed by atoms with van der Waals surface area (Å²) >= 11 is 0. The molecule has 2 N–H and O–H groups in total. The Hall–Kier alpha value is -1.10. The van der Waals surface area contributed by atoms with E-state index in [1.165, 1.54) is 5.56 Å². The third-order valence-corrected chi connectivity index (χ3v) is 3.97. The summed E-state index contributed by atoms with van der Waals surface area (Å²) in [4.78, 5) is 2.32. The van der Waals surface area contributed by atoms with E-state index in [1.807, 2.05) is 12.1 Å². The van der Waals surface area contributed by atoms with Crippen LogP contribution in [-0.2, 0) is 6.42 Å². The number of β-amino-alcohol motifs (C(OH)–C–C–N with tert-alkyl or cyclic N) is 1. The lowest BCUT2D eigenvalue weighted by atomic mass is 9.99. The van der Waals surface area contributed by atoms with Crippen LogP contribution in [0.2, 0.25) is 0 Å². The van der Waals surface area contributed by atoms with Gasteiger partial charge in [-0.05, 0) is 36.1 Å². The Bertz CT molecular complexity index is 431. The Kier molecular flexibility index (Phi) is 6.49. The number of hydrogen-bond acceptors (Lipinski definition) is 4. The average Bonchev–Trinajstić information content (AvgIpc) is 2.53. The highest BCUT2D eigenvalue weighted by Gasteiger charge is 2.18. The maximum absolute atomic E-state index is 10.5. The van der Waals surface area contributed by atoms with Crippen molar-refractivity contribution in [1.82, 2.24) is 10.2 Å². The molecule has 1 atom stereocenters. The summed E-state index contributed by atoms with van der Waals surface area (Å²) in [6.45, 7) is 9.72. The van der Waals surface area contributed by atoms with Crippen LogP contribution in [0.1, 0.15) is 37.5 Å². The highest BCUT2D eigenvalue weighted by atomic mass is 16.5. The highest BCUT2D eigenvalue weighted by molar-refractivity contribution is 5.37. The maximum Gasteiger partial charge on any atom is 0.119 e. The zero-order valence-corrected chi connectivity index (χ0v) is 13.3. The molecule has 2 rings (SSSR count). The van der Waals surface area contributed by atoms with E-state index in [4.69, 9.17) is 4.74 Å². The molecule has 0 aliphatic carbocycles. The van der Waals surface area contributed by atoms with E-state index in [0.717, 1.165) is 56.9 Å². The Morgan fingerprint density at radius 1 is 1.29 bits per heavy atom. The summed E-state index contributed by atoms with van der Waals surface area (Å²) in [5.74, 6) is 0.909. The normalized spacial score (nSPS) is 17.7. The molecule has 4 nitrogen and oxygen atoms in total. The van der Waals surface area contributed by atoms with Crippen molar-refractivity contribution >= 4 is 0 Å². The van der Waals surface area contributed by atoms with Crippen LogP contribution in [0.5, 0.6) is 5.75 Å². The number of benzene rings is 1. The molecule has 1 aromatic carbocycles. The standard InChI is InChI=1S/C17H28N2O2/c1-3-11-21-15-5-6-16(14(4-2)12-15)17(20)13-19-9-7-18-8-10-19/h5-6,12,17-18,20H,3-4,7-11,13H2,1-2H3. The van der Waals surface area contributed by atoms with Gasteiger partial charge in [0.25, 0.3) is 0 Å². The van der Waals surface area contributed by atoms with Crippen LogP contribution >= 0.6 is 0 Å². The van der Waals surface area contributed by atoms with Crippen LogP contribution in [0.4, 0.5) is 0 Å². The van der Waals surface area contributed by atoms with E-state index in [9.17, 15) is 5.11 Å². The molecule has 1 aliphatic heterocycles. The summed E-state index contributed by atoms with van der Waals surface area (Å²) in [5.41, 5.74) is 2.23. The van der Waals surface area contributed by atoms with Gasteiger partial charge in [-0.25, -0.2) is 0 Å². The Morgan fingerprint density at radius 2 is 2.05 bits per heavy atom. The number of aliphatic hydroxyl groups excluding tert-OH is 1. The van der Waals surface area contributed by atoms with Crippen molar-refractivity contribution in [3.63, 3.8) is 0 Å². The Labute approximate surface area is 128 Å². The quantitative estimate of drug-likeness (QED) is 0.806. The summed E-state index contributed by atoms with van der Waals surface area (Å²) in [5, 5.41) is 13.9. The molecule has 0 saturated carbocycles. The fraction of sp³-hybridized carbons (Fsp3) is 0.647. The minimum absolute atomic E-state index is 0.418. The smallest absolute Gasteiger partial charge is 0.119 e. The van der Waals surface area contributed by atoms with Gasteiger partial charge in [-0.3, -0.25) is 4.90 Å². The van der Waals surface area contributed by atoms with Gasteiger partial charge in [-0.15, -0.1) is 0 Å². The minimum Gasteiger partial charge on any atom is -0.494 e. The molecule has 1 saturated heterocycles. The third kappa shape index (κ3) is 4.70. The van der Waals surface area contributed by atoms with Gasteiger partial charge in [0.2, 0.25) is 0 Å². The second-order valence-corrected chi connectivity index (χ2v) is 5.63. The molecule has 1 heterocycles. The van der Waals surface area contributed by atoms with E-state index < -0.39 is 6.10 Å². The van der Waals surface area contributed by atoms with Crippen molar-refractivity contribution in [2.24, 2.45) is 0 Å². The lowest BCUT2D eigenvalue weighted by Crippen LogP contribution is -2.45. The largest absolute Gasteiger partial charge is 0.494 e. The number of nitrogens with zero attached hydrogens (tertiary/aromatic N) is 1. The minimum atomic E-state index is -0.418. The molecule has 1 fully saturated rings. The Balaban J connectivity index is 2.02. The molecule has 4 heteroatoms. The van der Waals surface area contributed by atoms with E-state index >= 15 is 0 Å². The van der Waals surface area contributed by atoms with Crippen molar-refractivity contribution in [2.75, 3.05) is 39.3 Å². The van der Waals surface area contributed by atoms with Gasteiger partial charge in [-0.1, -0.05) is 19.9 Å². The number of aliphatic hydroxyl groups is 1. The first kappa shape index (κ1) is 16.3. The number of aryl methyl sites for hydroxylation is 1. The maximum atomic E-state index is 10.5. The van der Waals surface area contributed by atoms with Gasteiger partial charge < -0.3 is 15.2 Å². The van der Waals surface area contributed by atoms with E-state index in [-0.39, 0.29) is 0 Å². The zero-order valence-electron chi connectivity index (χ0n) is 13.3. The summed E-state index contributed by atoms with van der Waals surface area (Å²) in [7, 11) is 0. The molecule has 21 heavy (non-hydrogen) atoms. The van der Waals surface area contributed by atoms with Crippen molar-refractivity contribution in [1.29, 1.82) is 0 Å². The number of piperazine rings is 1. The number of nitrogens with one attached hydrogen (secondary N) is 1. The van der Waals surface area contributed by atoms with Crippen LogP contribution in [0, 0.1) is 0 Å². The van der Waals surface area contributed by atoms with Crippen LogP contribution in [0.3, 0.4) is 0 Å².